The molecular formula is C89H136N6O7. The lowest BCUT2D eigenvalue weighted by Crippen LogP contribution is -2.33. The highest BCUT2D eigenvalue weighted by molar-refractivity contribution is 5.94. The third-order valence-corrected chi connectivity index (χ3v) is 20.1. The fraction of sp³-hybridized carbons (Fsp3) is 0.584. The zero-order valence-corrected chi connectivity index (χ0v) is 66.3. The van der Waals surface area contributed by atoms with Crippen LogP contribution < -0.4 is 31.9 Å². The van der Waals surface area contributed by atoms with Gasteiger partial charge in [0.05, 0.1) is 0 Å². The maximum absolute atomic E-state index is 13.7. The van der Waals surface area contributed by atoms with Gasteiger partial charge in [0.15, 0.2) is 5.78 Å². The molecule has 2 unspecified atom stereocenters. The minimum absolute atomic E-state index is 0.0304. The van der Waals surface area contributed by atoms with E-state index in [1.165, 1.54) is 78.4 Å². The minimum atomic E-state index is -0.524. The molecule has 0 radical (unpaired) electrons. The van der Waals surface area contributed by atoms with E-state index in [0.29, 0.717) is 71.4 Å². The molecule has 0 spiro atoms. The maximum Gasteiger partial charge on any atom is 0.244 e. The topological polar surface area (TPSA) is 192 Å². The van der Waals surface area contributed by atoms with Crippen molar-refractivity contribution in [2.75, 3.05) is 39.3 Å². The van der Waals surface area contributed by atoms with E-state index in [4.69, 9.17) is 0 Å². The standard InChI is InChI=1S/C89H136N6O7/c1-66(47-50-78-72(7)41-31-53-87(78,11)12)34-27-37-69(4)62-77(96)65-76(44-20-26-59-93-84(100)64-71(6)39-29-36-68(3)49-52-80-74(9)43-33-55-89(80,15)16)86(102)95-61-24-18-22-57-91-82(98)46-30-45-81(97)90-56-21-17-23-60-94-85(101)75(10)40-19-25-58-92-83(99)63-70(5)38-28-35-67(2)48-51-79-73(8)42-32-54-88(79,13)14/h27-29,34-39,47-52,62-64,75-76H,17-26,30-33,40-46,53-61,65H2,1-16H3,(H,90,97)(H,91,98)(H,92,99)(H,93,100)(H,94,101)(H,95,102)/b37-27+,38-28+,39-29+,50-47+,51-48+,52-49+,66-34+,67-35+,68-36+,69-62+,70-63+,71-64+. The van der Waals surface area contributed by atoms with Gasteiger partial charge in [0, 0.05) is 82.5 Å². The van der Waals surface area contributed by atoms with Crippen molar-refractivity contribution < 1.29 is 33.6 Å². The summed E-state index contributed by atoms with van der Waals surface area (Å²) in [6.07, 6.45) is 56.8. The van der Waals surface area contributed by atoms with Gasteiger partial charge in [-0.05, 0) is 246 Å². The SMILES string of the molecule is CC1=C(/C=C/C(C)=C/C=C/C(C)=C/C(=O)CC(CCCCNC(=O)/C=C(C)/C=C/C=C(C)/C=C/C2=C(C)CCCC2(C)C)C(=O)NCCCCCNC(=O)CCCC(=O)NCCCCCNC(=O)C(C)CCCCNC(=O)/C=C(C)/C=C/C=C(C)/C=C/C2=C(C)CCCC2(C)C)C(C)(C)CCC1. The first-order valence-corrected chi connectivity index (χ1v) is 38.8. The highest BCUT2D eigenvalue weighted by Gasteiger charge is 2.29. The summed E-state index contributed by atoms with van der Waals surface area (Å²) >= 11 is 0. The summed E-state index contributed by atoms with van der Waals surface area (Å²) < 4.78 is 0. The van der Waals surface area contributed by atoms with Crippen LogP contribution in [0.3, 0.4) is 0 Å². The molecule has 102 heavy (non-hydrogen) atoms. The summed E-state index contributed by atoms with van der Waals surface area (Å²) in [4.78, 5) is 90.4. The number of amides is 6. The van der Waals surface area contributed by atoms with Crippen molar-refractivity contribution in [3.8, 4) is 0 Å². The number of carbonyl (C=O) groups excluding carboxylic acids is 7. The summed E-state index contributed by atoms with van der Waals surface area (Å²) in [6.45, 7) is 37.6. The van der Waals surface area contributed by atoms with Gasteiger partial charge in [-0.3, -0.25) is 33.6 Å². The zero-order valence-electron chi connectivity index (χ0n) is 66.3. The number of unbranched alkanes of at least 4 members (excludes halogenated alkanes) is 6. The average molecular weight is 1400 g/mol. The second-order valence-electron chi connectivity index (χ2n) is 31.4. The van der Waals surface area contributed by atoms with E-state index in [9.17, 15) is 33.6 Å². The number of hydrogen-bond donors (Lipinski definition) is 6. The Balaban J connectivity index is 1.31. The van der Waals surface area contributed by atoms with Crippen LogP contribution in [0.2, 0.25) is 0 Å². The largest absolute Gasteiger partial charge is 0.356 e. The van der Waals surface area contributed by atoms with Gasteiger partial charge in [-0.2, -0.15) is 0 Å². The van der Waals surface area contributed by atoms with Crippen LogP contribution in [-0.2, 0) is 33.6 Å². The molecule has 3 aliphatic carbocycles. The van der Waals surface area contributed by atoms with Crippen LogP contribution in [0.15, 0.2) is 176 Å². The minimum Gasteiger partial charge on any atom is -0.356 e. The molecule has 6 N–H and O–H groups in total. The molecule has 0 aromatic rings. The first-order chi connectivity index (χ1) is 48.4. The molecule has 0 aromatic carbocycles. The fourth-order valence-corrected chi connectivity index (χ4v) is 13.7. The van der Waals surface area contributed by atoms with Gasteiger partial charge < -0.3 is 31.9 Å². The second-order valence-corrected chi connectivity index (χ2v) is 31.4. The van der Waals surface area contributed by atoms with Crippen molar-refractivity contribution in [3.63, 3.8) is 0 Å². The average Bonchev–Trinajstić information content (AvgIpc) is 0.833. The number of hydrogen-bond acceptors (Lipinski definition) is 7. The highest BCUT2D eigenvalue weighted by atomic mass is 16.2. The number of ketones is 1. The van der Waals surface area contributed by atoms with Crippen LogP contribution in [-0.4, -0.2) is 80.5 Å². The van der Waals surface area contributed by atoms with E-state index in [0.717, 1.165) is 97.6 Å². The molecule has 13 heteroatoms. The Hall–Kier alpha value is -7.41. The van der Waals surface area contributed by atoms with Crippen molar-refractivity contribution in [1.29, 1.82) is 0 Å². The molecule has 0 saturated heterocycles. The van der Waals surface area contributed by atoms with Gasteiger partial charge in [0.1, 0.15) is 0 Å². The lowest BCUT2D eigenvalue weighted by atomic mass is 9.72. The molecule has 3 rings (SSSR count). The fourth-order valence-electron chi connectivity index (χ4n) is 13.7. The third-order valence-electron chi connectivity index (χ3n) is 20.1. The van der Waals surface area contributed by atoms with E-state index < -0.39 is 5.92 Å². The van der Waals surface area contributed by atoms with Crippen molar-refractivity contribution >= 4 is 41.2 Å². The van der Waals surface area contributed by atoms with E-state index in [1.807, 2.05) is 70.2 Å². The summed E-state index contributed by atoms with van der Waals surface area (Å²) in [5.74, 6) is -1.36. The van der Waals surface area contributed by atoms with Crippen LogP contribution >= 0.6 is 0 Å². The molecule has 6 amide bonds. The van der Waals surface area contributed by atoms with Gasteiger partial charge in [-0.1, -0.05) is 186 Å². The summed E-state index contributed by atoms with van der Waals surface area (Å²) in [6, 6.07) is 0. The number of rotatable bonds is 45. The molecule has 3 aliphatic rings. The van der Waals surface area contributed by atoms with E-state index in [1.54, 1.807) is 18.2 Å². The normalized spacial score (nSPS) is 18.0. The molecule has 0 heterocycles. The van der Waals surface area contributed by atoms with Gasteiger partial charge in [0.2, 0.25) is 35.4 Å². The molecule has 0 aliphatic heterocycles. The van der Waals surface area contributed by atoms with Gasteiger partial charge in [-0.25, -0.2) is 0 Å². The molecule has 0 aromatic heterocycles. The lowest BCUT2D eigenvalue weighted by molar-refractivity contribution is -0.128. The smallest absolute Gasteiger partial charge is 0.244 e. The number of allylic oxidation sites excluding steroid dienone is 28. The van der Waals surface area contributed by atoms with Crippen molar-refractivity contribution in [2.24, 2.45) is 28.1 Å². The third kappa shape index (κ3) is 38.2. The molecular weight excluding hydrogens is 1270 g/mol. The van der Waals surface area contributed by atoms with Gasteiger partial charge in [-0.15, -0.1) is 0 Å². The van der Waals surface area contributed by atoms with Crippen molar-refractivity contribution in [2.45, 2.75) is 271 Å². The first kappa shape index (κ1) is 88.8. The summed E-state index contributed by atoms with van der Waals surface area (Å²) in [7, 11) is 0. The molecule has 0 bridgehead atoms. The number of carbonyl (C=O) groups is 7. The summed E-state index contributed by atoms with van der Waals surface area (Å²) in [5.41, 5.74) is 15.2. The quantitative estimate of drug-likeness (QED) is 0.0198. The van der Waals surface area contributed by atoms with Crippen LogP contribution in [0.1, 0.15) is 271 Å². The van der Waals surface area contributed by atoms with E-state index in [-0.39, 0.29) is 82.7 Å². The Labute approximate surface area is 618 Å². The van der Waals surface area contributed by atoms with Crippen LogP contribution in [0.5, 0.6) is 0 Å². The highest BCUT2D eigenvalue weighted by Crippen LogP contribution is 2.43. The zero-order chi connectivity index (χ0) is 75.5. The molecule has 0 fully saturated rings. The van der Waals surface area contributed by atoms with Crippen molar-refractivity contribution in [1.82, 2.24) is 31.9 Å². The first-order valence-electron chi connectivity index (χ1n) is 38.8. The van der Waals surface area contributed by atoms with Gasteiger partial charge in [0.25, 0.3) is 0 Å². The number of nitrogens with one attached hydrogen (secondary N) is 6. The lowest BCUT2D eigenvalue weighted by Gasteiger charge is -2.33. The van der Waals surface area contributed by atoms with Gasteiger partial charge >= 0.3 is 0 Å². The second kappa shape index (κ2) is 48.5. The van der Waals surface area contributed by atoms with Crippen LogP contribution in [0.25, 0.3) is 0 Å². The molecule has 564 valence electrons. The summed E-state index contributed by atoms with van der Waals surface area (Å²) in [5, 5.41) is 18.0. The predicted octanol–water partition coefficient (Wildman–Crippen LogP) is 19.3. The van der Waals surface area contributed by atoms with Crippen molar-refractivity contribution in [3.05, 3.63) is 176 Å². The van der Waals surface area contributed by atoms with E-state index >= 15 is 0 Å². The maximum atomic E-state index is 13.7. The van der Waals surface area contributed by atoms with E-state index in [2.05, 4.69) is 164 Å². The van der Waals surface area contributed by atoms with Crippen LogP contribution in [0.4, 0.5) is 0 Å². The Kier molecular flexibility index (Phi) is 42.2. The van der Waals surface area contributed by atoms with Crippen LogP contribution in [0, 0.1) is 28.1 Å². The molecule has 2 atom stereocenters. The Bertz CT molecular complexity index is 3260. The Morgan fingerprint density at radius 1 is 0.382 bits per heavy atom. The Morgan fingerprint density at radius 3 is 1.10 bits per heavy atom. The predicted molar refractivity (Wildman–Crippen MR) is 428 cm³/mol. The molecule has 0 saturated carbocycles. The Morgan fingerprint density at radius 2 is 0.716 bits per heavy atom. The molecule has 13 nitrogen and oxygen atoms in total. The monoisotopic (exact) mass is 1400 g/mol.